The minimum Gasteiger partial charge on any atom is -0.480 e. The molecule has 4 saturated carbocycles. The van der Waals surface area contributed by atoms with E-state index in [-0.39, 0.29) is 37.7 Å². The molecule has 5 N–H and O–H groups in total. The lowest BCUT2D eigenvalue weighted by Gasteiger charge is -2.27. The second-order valence-electron chi connectivity index (χ2n) is 30.7. The Morgan fingerprint density at radius 1 is 0.571 bits per heavy atom. The molecule has 502 valence electrons. The molecule has 2 aromatic heterocycles. The van der Waals surface area contributed by atoms with Crippen LogP contribution in [0.25, 0.3) is 22.3 Å². The lowest BCUT2D eigenvalue weighted by Crippen LogP contribution is -2.47. The maximum absolute atomic E-state index is 13.8. The highest BCUT2D eigenvalue weighted by Crippen LogP contribution is 2.52. The number of aliphatic carboxylic acids is 1. The minimum atomic E-state index is -1.22. The summed E-state index contributed by atoms with van der Waals surface area (Å²) in [5.74, 6) is 3.49. The number of hydrogen-bond donors (Lipinski definition) is 4. The predicted octanol–water partition coefficient (Wildman–Crippen LogP) is 12.5. The summed E-state index contributed by atoms with van der Waals surface area (Å²) >= 11 is 0. The van der Waals surface area contributed by atoms with Gasteiger partial charge < -0.3 is 59.3 Å². The van der Waals surface area contributed by atoms with Gasteiger partial charge in [0.2, 0.25) is 0 Å². The first-order chi connectivity index (χ1) is 42.9. The fourth-order valence-corrected chi connectivity index (χ4v) is 14.6. The molecule has 2 atom stereocenters. The Balaban J connectivity index is 0.000000245. The maximum Gasteiger partial charge on any atom is 0.319 e. The molecule has 0 bridgehead atoms. The summed E-state index contributed by atoms with van der Waals surface area (Å²) in [6.45, 7) is 40.4. The van der Waals surface area contributed by atoms with E-state index in [0.717, 1.165) is 132 Å². The van der Waals surface area contributed by atoms with Crippen molar-refractivity contribution < 1.29 is 52.7 Å². The molecule has 0 saturated heterocycles. The highest BCUT2D eigenvalue weighted by molar-refractivity contribution is 6.77. The second-order valence-corrected chi connectivity index (χ2v) is 53.2. The Morgan fingerprint density at radius 2 is 0.934 bits per heavy atom. The summed E-state index contributed by atoms with van der Waals surface area (Å²) in [6.07, 6.45) is 10.9. The topological polar surface area (TPSA) is 230 Å². The van der Waals surface area contributed by atoms with Gasteiger partial charge in [-0.2, -0.15) is 10.2 Å². The van der Waals surface area contributed by atoms with Gasteiger partial charge in [-0.3, -0.25) is 9.59 Å². The Labute approximate surface area is 550 Å². The quantitative estimate of drug-likeness (QED) is 0.0107. The summed E-state index contributed by atoms with van der Waals surface area (Å²) in [6, 6.07) is 15.3. The smallest absolute Gasteiger partial charge is 0.319 e. The molecule has 0 spiro atoms. The summed E-state index contributed by atoms with van der Waals surface area (Å²) in [4.78, 5) is 46.3. The number of aryl methyl sites for hydroxylation is 2. The number of ether oxygens (including phenoxy) is 6. The number of anilines is 1. The monoisotopic (exact) mass is 1320 g/mol. The average Bonchev–Trinajstić information content (AvgIpc) is 1.68. The number of nitrogens with one attached hydrogen (secondary N) is 2. The van der Waals surface area contributed by atoms with Gasteiger partial charge in [0.15, 0.2) is 19.4 Å². The van der Waals surface area contributed by atoms with Crippen LogP contribution in [-0.4, -0.2) is 148 Å². The largest absolute Gasteiger partial charge is 0.480 e. The summed E-state index contributed by atoms with van der Waals surface area (Å²) in [5.41, 5.74) is 15.5. The fraction of sp³-hybridized carbons (Fsp3) is 0.672. The molecule has 91 heavy (non-hydrogen) atoms. The van der Waals surface area contributed by atoms with Crippen LogP contribution in [0.2, 0.25) is 103 Å². The number of hydrogen-bond acceptors (Lipinski definition) is 15. The molecule has 24 heteroatoms. The number of benzene rings is 2. The van der Waals surface area contributed by atoms with Gasteiger partial charge in [0.1, 0.15) is 25.0 Å². The molecule has 0 amide bonds. The lowest BCUT2D eigenvalue weighted by atomic mass is 9.81. The Bertz CT molecular complexity index is 2960. The molecular formula is C67H111B2N7O11Si4. The zero-order chi connectivity index (χ0) is 66.8. The number of nitrogens with zero attached hydrogens (tertiary/aromatic N) is 4. The van der Waals surface area contributed by atoms with E-state index in [1.165, 1.54) is 40.5 Å². The molecule has 4 fully saturated rings. The molecule has 2 aromatic carbocycles. The molecule has 4 aliphatic carbocycles. The zero-order valence-corrected chi connectivity index (χ0v) is 62.1. The first kappa shape index (κ1) is 75.5. The number of nitrogens with two attached hydrogens (primary N) is 1. The highest BCUT2D eigenvalue weighted by atomic mass is 28.3. The van der Waals surface area contributed by atoms with Crippen LogP contribution in [0.5, 0.6) is 11.5 Å². The number of carboxylic acid groups (broad SMARTS) is 1. The zero-order valence-electron chi connectivity index (χ0n) is 58.1. The first-order valence-corrected chi connectivity index (χ1v) is 48.2. The fourth-order valence-electron chi connectivity index (χ4n) is 11.6. The van der Waals surface area contributed by atoms with Crippen LogP contribution in [0, 0.1) is 63.2 Å². The molecule has 4 aromatic rings. The van der Waals surface area contributed by atoms with E-state index in [0.29, 0.717) is 67.3 Å². The van der Waals surface area contributed by atoms with E-state index in [2.05, 4.69) is 103 Å². The summed E-state index contributed by atoms with van der Waals surface area (Å²) in [7, 11) is -2.01. The van der Waals surface area contributed by atoms with Crippen LogP contribution >= 0.6 is 0 Å². The van der Waals surface area contributed by atoms with Crippen molar-refractivity contribution in [3.05, 3.63) is 64.7 Å². The number of rotatable bonds is 40. The molecule has 4 aliphatic rings. The molecule has 18 nitrogen and oxygen atoms in total. The van der Waals surface area contributed by atoms with Gasteiger partial charge in [-0.15, -0.1) is 0 Å². The van der Waals surface area contributed by atoms with E-state index in [1.54, 1.807) is 0 Å². The van der Waals surface area contributed by atoms with Crippen molar-refractivity contribution in [3.63, 3.8) is 0 Å². The standard InChI is InChI=1S/C34H55BN3O5Si2.C23H41N3O3Si2.C10H15BNO3/c1-24-32(25(2)38(37-24)22-41-15-17-44(3,4)5)29-14-9-26(20-31(29)43-23-42-16-18-45(6,7)8)19-30(40)34(36-35-21-39)33(27-10-11-27)28-12-13-28;1-18-23(19(2)26(25-18)16-27-11-13-30(3,4)5)21-10-9-20(24)15-22(21)29-17-28-12-14-31(6,7)8;13-5-11-12-9(10(14)15)8(6-1-2-6)7-3-4-7/h9,14,20-21,27-28,33-34,36H,10-13,15-19,22-23H2,1-8H3;9-10,15H,11-14,16-17,24H2,1-8H3;5-9,12H,1-4H2,(H,14,15)/t34-;;9-/m1.0/s1. The molecule has 0 aliphatic heterocycles. The third-order valence-electron chi connectivity index (χ3n) is 17.5. The Kier molecular flexibility index (Phi) is 28.9. The number of carboxylic acids is 1. The van der Waals surface area contributed by atoms with E-state index >= 15 is 0 Å². The minimum absolute atomic E-state index is 0.123. The second kappa shape index (κ2) is 34.8. The number of ketones is 1. The van der Waals surface area contributed by atoms with Crippen LogP contribution in [-0.2, 0) is 58.0 Å². The SMILES string of the molecule is Cc1nn(COCC[Si](C)(C)C)c(C)c1-c1ccc(CC(=O)[C@@H](N[B]C=O)C(C2CC2)C2CC2)cc1OCOCC[Si](C)(C)C.Cc1nn(COCC[Si](C)(C)C)c(C)c1-c1ccc(N)cc1OCOCC[Si](C)(C)C.O=C[B]N[C@H](C(=O)O)C(C1CC1)C1CC1. The van der Waals surface area contributed by atoms with E-state index < -0.39 is 44.3 Å². The van der Waals surface area contributed by atoms with Gasteiger partial charge in [-0.05, 0) is 163 Å². The number of Topliss-reactive ketones (excluding diaryl/α,β-unsaturated/α-hetero) is 1. The van der Waals surface area contributed by atoms with Gasteiger partial charge in [-0.25, -0.2) is 9.36 Å². The van der Waals surface area contributed by atoms with Crippen molar-refractivity contribution in [2.75, 3.05) is 45.7 Å². The van der Waals surface area contributed by atoms with Gasteiger partial charge >= 0.3 is 5.97 Å². The van der Waals surface area contributed by atoms with Crippen LogP contribution in [0.15, 0.2) is 36.4 Å². The maximum atomic E-state index is 13.8. The van der Waals surface area contributed by atoms with Gasteiger partial charge in [0.05, 0.1) is 35.8 Å². The predicted molar refractivity (Wildman–Crippen MR) is 379 cm³/mol. The summed E-state index contributed by atoms with van der Waals surface area (Å²) < 4.78 is 39.8. The normalized spacial score (nSPS) is 15.9. The first-order valence-electron chi connectivity index (χ1n) is 33.4. The number of carbonyl (C=O) groups is 4. The van der Waals surface area contributed by atoms with Crippen molar-refractivity contribution >= 4 is 76.9 Å². The van der Waals surface area contributed by atoms with E-state index in [1.807, 2.05) is 59.6 Å². The molecule has 2 heterocycles. The van der Waals surface area contributed by atoms with E-state index in [4.69, 9.17) is 49.5 Å². The van der Waals surface area contributed by atoms with Crippen molar-refractivity contribution in [2.24, 2.45) is 35.5 Å². The third-order valence-corrected chi connectivity index (χ3v) is 24.3. The van der Waals surface area contributed by atoms with Gasteiger partial charge in [-0.1, -0.05) is 90.7 Å². The molecule has 0 unspecified atom stereocenters. The molecular weight excluding hydrogens is 1210 g/mol. The van der Waals surface area contributed by atoms with Crippen molar-refractivity contribution in [2.45, 2.75) is 214 Å². The molecule has 8 rings (SSSR count). The Morgan fingerprint density at radius 3 is 1.31 bits per heavy atom. The molecule has 2 radical (unpaired) electrons. The van der Waals surface area contributed by atoms with Crippen LogP contribution in [0.1, 0.15) is 79.7 Å². The summed E-state index contributed by atoms with van der Waals surface area (Å²) in [5, 5.41) is 24.5. The van der Waals surface area contributed by atoms with Crippen molar-refractivity contribution in [1.82, 2.24) is 30.0 Å². The number of aromatic nitrogens is 4. The van der Waals surface area contributed by atoms with E-state index in [9.17, 15) is 19.2 Å². The highest BCUT2D eigenvalue weighted by Gasteiger charge is 2.48. The Hall–Kier alpha value is -4.50. The van der Waals surface area contributed by atoms with Crippen LogP contribution < -0.4 is 25.7 Å². The van der Waals surface area contributed by atoms with Gasteiger partial charge in [0.25, 0.3) is 14.8 Å². The van der Waals surface area contributed by atoms with Gasteiger partial charge in [0, 0.05) is 111 Å². The third kappa shape index (κ3) is 26.0. The van der Waals surface area contributed by atoms with Crippen molar-refractivity contribution in [3.8, 4) is 33.8 Å². The van der Waals surface area contributed by atoms with Crippen LogP contribution in [0.3, 0.4) is 0 Å². The average molecular weight is 1320 g/mol. The number of carbonyl (C=O) groups excluding carboxylic acids is 3. The van der Waals surface area contributed by atoms with Crippen LogP contribution in [0.4, 0.5) is 5.69 Å². The van der Waals surface area contributed by atoms with Crippen molar-refractivity contribution in [1.29, 1.82) is 0 Å². The lowest BCUT2D eigenvalue weighted by molar-refractivity contribution is -0.141. The number of nitrogen functional groups attached to an aromatic ring is 1.